The van der Waals surface area contributed by atoms with Crippen LogP contribution in [-0.2, 0) is 12.1 Å². The van der Waals surface area contributed by atoms with E-state index in [0.717, 1.165) is 10.0 Å². The summed E-state index contributed by atoms with van der Waals surface area (Å²) >= 11 is 1.64. The summed E-state index contributed by atoms with van der Waals surface area (Å²) in [7, 11) is 0. The van der Waals surface area contributed by atoms with E-state index >= 15 is 0 Å². The first kappa shape index (κ1) is 19.4. The minimum Gasteiger partial charge on any atom is -0.295 e. The number of aromatic nitrogens is 3. The van der Waals surface area contributed by atoms with Crippen LogP contribution in [0.4, 0.5) is 0 Å². The van der Waals surface area contributed by atoms with E-state index in [0.29, 0.717) is 6.54 Å². The zero-order valence-electron chi connectivity index (χ0n) is 16.9. The molecule has 0 amide bonds. The smallest absolute Gasteiger partial charge is 0.210 e. The van der Waals surface area contributed by atoms with Crippen LogP contribution in [0.3, 0.4) is 0 Å². The molecular weight excluding hydrogens is 400 g/mol. The molecule has 4 nitrogen and oxygen atoms in total. The monoisotopic (exact) mass is 422 g/mol. The van der Waals surface area contributed by atoms with E-state index in [1.807, 2.05) is 18.5 Å². The van der Waals surface area contributed by atoms with E-state index in [2.05, 4.69) is 106 Å². The van der Waals surface area contributed by atoms with E-state index < -0.39 is 5.54 Å². The standard InChI is InChI=1S/C26H22N4S/c1-4-11-21(12-5-1)26(22-13-6-2-7-14-22,23-15-8-3-9-16-23)28-20-24-19-27-25(31-24)30-18-10-17-29-30/h1-19,28H,20H2. The van der Waals surface area contributed by atoms with E-state index in [4.69, 9.17) is 0 Å². The molecule has 152 valence electrons. The zero-order valence-corrected chi connectivity index (χ0v) is 17.7. The molecule has 0 spiro atoms. The Morgan fingerprint density at radius 2 is 1.29 bits per heavy atom. The van der Waals surface area contributed by atoms with Crippen LogP contribution in [0.5, 0.6) is 0 Å². The highest BCUT2D eigenvalue weighted by Crippen LogP contribution is 2.37. The first-order valence-corrected chi connectivity index (χ1v) is 11.0. The van der Waals surface area contributed by atoms with Crippen molar-refractivity contribution in [3.05, 3.63) is 137 Å². The van der Waals surface area contributed by atoms with Crippen LogP contribution in [0.1, 0.15) is 21.6 Å². The molecule has 0 saturated heterocycles. The van der Waals surface area contributed by atoms with Crippen molar-refractivity contribution < 1.29 is 0 Å². The Hall–Kier alpha value is -3.54. The minimum absolute atomic E-state index is 0.486. The number of nitrogens with one attached hydrogen (secondary N) is 1. The van der Waals surface area contributed by atoms with Crippen molar-refractivity contribution in [3.8, 4) is 5.13 Å². The summed E-state index contributed by atoms with van der Waals surface area (Å²) in [6, 6.07) is 33.8. The van der Waals surface area contributed by atoms with Gasteiger partial charge in [-0.05, 0) is 22.8 Å². The van der Waals surface area contributed by atoms with Crippen LogP contribution in [-0.4, -0.2) is 14.8 Å². The van der Waals surface area contributed by atoms with E-state index in [9.17, 15) is 0 Å². The fourth-order valence-electron chi connectivity index (χ4n) is 3.96. The zero-order chi connectivity index (χ0) is 20.9. The highest BCUT2D eigenvalue weighted by Gasteiger charge is 2.35. The molecule has 5 heteroatoms. The predicted molar refractivity (Wildman–Crippen MR) is 125 cm³/mol. The van der Waals surface area contributed by atoms with E-state index in [1.54, 1.807) is 22.2 Å². The second-order valence-electron chi connectivity index (χ2n) is 7.26. The molecule has 3 aromatic carbocycles. The SMILES string of the molecule is c1ccc(C(NCc2cnc(-n3cccn3)s2)(c2ccccc2)c2ccccc2)cc1. The molecule has 2 aromatic heterocycles. The maximum absolute atomic E-state index is 4.56. The molecule has 31 heavy (non-hydrogen) atoms. The number of nitrogens with zero attached hydrogens (tertiary/aromatic N) is 3. The van der Waals surface area contributed by atoms with Gasteiger partial charge in [0.25, 0.3) is 0 Å². The van der Waals surface area contributed by atoms with Gasteiger partial charge in [-0.3, -0.25) is 5.32 Å². The summed E-state index contributed by atoms with van der Waals surface area (Å²) in [5.41, 5.74) is 3.11. The second-order valence-corrected chi connectivity index (χ2v) is 8.36. The Bertz CT molecular complexity index is 1120. The van der Waals surface area contributed by atoms with Gasteiger partial charge in [-0.2, -0.15) is 5.10 Å². The van der Waals surface area contributed by atoms with Crippen LogP contribution < -0.4 is 5.32 Å². The van der Waals surface area contributed by atoms with Crippen molar-refractivity contribution in [2.45, 2.75) is 12.1 Å². The van der Waals surface area contributed by atoms with Gasteiger partial charge in [0.15, 0.2) is 0 Å². The average Bonchev–Trinajstić information content (AvgIpc) is 3.54. The quantitative estimate of drug-likeness (QED) is 0.357. The van der Waals surface area contributed by atoms with Gasteiger partial charge >= 0.3 is 0 Å². The minimum atomic E-state index is -0.486. The van der Waals surface area contributed by atoms with Crippen LogP contribution in [0.15, 0.2) is 116 Å². The molecule has 0 atom stereocenters. The number of rotatable bonds is 7. The highest BCUT2D eigenvalue weighted by molar-refractivity contribution is 7.14. The Morgan fingerprint density at radius 1 is 0.742 bits per heavy atom. The molecule has 5 rings (SSSR count). The summed E-state index contributed by atoms with van der Waals surface area (Å²) in [5, 5.41) is 9.06. The average molecular weight is 423 g/mol. The first-order valence-electron chi connectivity index (χ1n) is 10.2. The van der Waals surface area contributed by atoms with Crippen LogP contribution in [0.25, 0.3) is 5.13 Å². The second kappa shape index (κ2) is 8.68. The van der Waals surface area contributed by atoms with Crippen molar-refractivity contribution in [1.82, 2.24) is 20.1 Å². The third-order valence-electron chi connectivity index (χ3n) is 5.39. The molecule has 5 aromatic rings. The Morgan fingerprint density at radius 3 is 1.77 bits per heavy atom. The van der Waals surface area contributed by atoms with E-state index in [1.165, 1.54) is 16.7 Å². The van der Waals surface area contributed by atoms with Gasteiger partial charge in [-0.1, -0.05) is 102 Å². The number of thiazole rings is 1. The Kier molecular flexibility index (Phi) is 5.44. The van der Waals surface area contributed by atoms with Crippen molar-refractivity contribution in [2.75, 3.05) is 0 Å². The third-order valence-corrected chi connectivity index (χ3v) is 6.38. The summed E-state index contributed by atoms with van der Waals surface area (Å²) in [6.45, 7) is 0.678. The lowest BCUT2D eigenvalue weighted by Gasteiger charge is -2.37. The topological polar surface area (TPSA) is 42.7 Å². The summed E-state index contributed by atoms with van der Waals surface area (Å²) in [5.74, 6) is 0. The van der Waals surface area contributed by atoms with Gasteiger partial charge < -0.3 is 0 Å². The van der Waals surface area contributed by atoms with Crippen molar-refractivity contribution in [1.29, 1.82) is 0 Å². The molecule has 1 N–H and O–H groups in total. The molecule has 0 saturated carbocycles. The number of hydrogen-bond acceptors (Lipinski definition) is 4. The number of hydrogen-bond donors (Lipinski definition) is 1. The number of benzene rings is 3. The summed E-state index contributed by atoms with van der Waals surface area (Å²) in [4.78, 5) is 5.71. The molecule has 0 fully saturated rings. The molecule has 0 aliphatic heterocycles. The molecule has 2 heterocycles. The molecule has 0 aliphatic rings. The van der Waals surface area contributed by atoms with Crippen LogP contribution in [0.2, 0.25) is 0 Å². The first-order chi connectivity index (χ1) is 15.4. The van der Waals surface area contributed by atoms with Crippen molar-refractivity contribution >= 4 is 11.3 Å². The summed E-state index contributed by atoms with van der Waals surface area (Å²) < 4.78 is 1.80. The lowest BCUT2D eigenvalue weighted by Crippen LogP contribution is -2.44. The normalized spacial score (nSPS) is 11.5. The molecular formula is C26H22N4S. The van der Waals surface area contributed by atoms with Gasteiger partial charge in [0.1, 0.15) is 0 Å². The highest BCUT2D eigenvalue weighted by atomic mass is 32.1. The lowest BCUT2D eigenvalue weighted by atomic mass is 9.77. The fraction of sp³-hybridized carbons (Fsp3) is 0.0769. The third kappa shape index (κ3) is 3.81. The lowest BCUT2D eigenvalue weighted by molar-refractivity contribution is 0.473. The summed E-state index contributed by atoms with van der Waals surface area (Å²) in [6.07, 6.45) is 5.61. The van der Waals surface area contributed by atoms with Gasteiger partial charge in [-0.15, -0.1) is 0 Å². The molecule has 0 aliphatic carbocycles. The molecule has 0 unspecified atom stereocenters. The fourth-order valence-corrected chi connectivity index (χ4v) is 4.75. The van der Waals surface area contributed by atoms with Crippen LogP contribution >= 0.6 is 11.3 Å². The molecule has 0 radical (unpaired) electrons. The Balaban J connectivity index is 1.58. The maximum atomic E-state index is 4.56. The van der Waals surface area contributed by atoms with E-state index in [-0.39, 0.29) is 0 Å². The van der Waals surface area contributed by atoms with Gasteiger partial charge in [0.05, 0.1) is 5.54 Å². The van der Waals surface area contributed by atoms with Crippen molar-refractivity contribution in [2.24, 2.45) is 0 Å². The Labute approximate surface area is 185 Å². The molecule has 0 bridgehead atoms. The van der Waals surface area contributed by atoms with Crippen molar-refractivity contribution in [3.63, 3.8) is 0 Å². The maximum Gasteiger partial charge on any atom is 0.210 e. The van der Waals surface area contributed by atoms with Gasteiger partial charge in [0.2, 0.25) is 5.13 Å². The largest absolute Gasteiger partial charge is 0.295 e. The van der Waals surface area contributed by atoms with Crippen LogP contribution in [0, 0.1) is 0 Å². The predicted octanol–water partition coefficient (Wildman–Crippen LogP) is 5.41. The van der Waals surface area contributed by atoms with Gasteiger partial charge in [0, 0.05) is 30.0 Å². The van der Waals surface area contributed by atoms with Gasteiger partial charge in [-0.25, -0.2) is 9.67 Å².